The van der Waals surface area contributed by atoms with Crippen molar-refractivity contribution in [1.82, 2.24) is 10.2 Å². The Morgan fingerprint density at radius 1 is 1.50 bits per heavy atom. The van der Waals surface area contributed by atoms with Crippen LogP contribution in [0.2, 0.25) is 0 Å². The normalized spacial score (nSPS) is 15.7. The minimum Gasteiger partial charge on any atom is -0.450 e. The van der Waals surface area contributed by atoms with E-state index in [9.17, 15) is 4.79 Å². The molecule has 0 saturated carbocycles. The first-order valence-corrected chi connectivity index (χ1v) is 6.62. The molecule has 0 unspecified atom stereocenters. The maximum atomic E-state index is 12.2. The second kappa shape index (κ2) is 4.40. The molecule has 1 aromatic carbocycles. The van der Waals surface area contributed by atoms with Crippen LogP contribution in [-0.2, 0) is 0 Å². The number of rotatable bonds is 2. The number of para-hydroxylation sites is 1. The van der Waals surface area contributed by atoms with Crippen molar-refractivity contribution in [3.8, 4) is 0 Å². The van der Waals surface area contributed by atoms with Gasteiger partial charge in [0.15, 0.2) is 5.76 Å². The summed E-state index contributed by atoms with van der Waals surface area (Å²) in [6.07, 6.45) is 0. The lowest BCUT2D eigenvalue weighted by Crippen LogP contribution is -2.57. The zero-order chi connectivity index (χ0) is 12.7. The van der Waals surface area contributed by atoms with Gasteiger partial charge in [-0.1, -0.05) is 12.1 Å². The fourth-order valence-electron chi connectivity index (χ4n) is 2.02. The molecule has 1 amide bonds. The van der Waals surface area contributed by atoms with Crippen molar-refractivity contribution in [3.05, 3.63) is 34.5 Å². The first-order valence-electron chi connectivity index (χ1n) is 5.83. The molecular formula is C13H13BrN2O2. The molecule has 1 fully saturated rings. The van der Waals surface area contributed by atoms with Crippen LogP contribution in [0.25, 0.3) is 11.0 Å². The molecule has 4 nitrogen and oxygen atoms in total. The standard InChI is InChI=1S/C13H13BrN2O2/c1-16(9-6-15-7-9)13(17)11-5-8-3-2-4-10(14)12(8)18-11/h2-5,9,15H,6-7H2,1H3. The number of hydrogen-bond acceptors (Lipinski definition) is 3. The van der Waals surface area contributed by atoms with Gasteiger partial charge in [-0.05, 0) is 28.1 Å². The van der Waals surface area contributed by atoms with E-state index in [0.29, 0.717) is 5.76 Å². The van der Waals surface area contributed by atoms with Crippen molar-refractivity contribution in [3.63, 3.8) is 0 Å². The van der Waals surface area contributed by atoms with Gasteiger partial charge in [0.2, 0.25) is 0 Å². The number of fused-ring (bicyclic) bond motifs is 1. The predicted octanol–water partition coefficient (Wildman–Crippen LogP) is 2.24. The molecular weight excluding hydrogens is 296 g/mol. The first kappa shape index (κ1) is 11.7. The van der Waals surface area contributed by atoms with E-state index in [-0.39, 0.29) is 11.9 Å². The number of amides is 1. The number of nitrogens with one attached hydrogen (secondary N) is 1. The van der Waals surface area contributed by atoms with Crippen molar-refractivity contribution in [2.75, 3.05) is 20.1 Å². The van der Waals surface area contributed by atoms with Crippen molar-refractivity contribution in [2.45, 2.75) is 6.04 Å². The van der Waals surface area contributed by atoms with Crippen LogP contribution in [0, 0.1) is 0 Å². The molecule has 1 aromatic heterocycles. The second-order valence-electron chi connectivity index (χ2n) is 4.50. The number of furan rings is 1. The highest BCUT2D eigenvalue weighted by Crippen LogP contribution is 2.27. The summed E-state index contributed by atoms with van der Waals surface area (Å²) in [4.78, 5) is 14.0. The summed E-state index contributed by atoms with van der Waals surface area (Å²) in [5, 5.41) is 4.09. The number of nitrogens with zero attached hydrogens (tertiary/aromatic N) is 1. The minimum atomic E-state index is -0.0652. The molecule has 1 saturated heterocycles. The van der Waals surface area contributed by atoms with Gasteiger partial charge in [0.1, 0.15) is 5.58 Å². The molecule has 0 aliphatic carbocycles. The maximum absolute atomic E-state index is 12.2. The number of carbonyl (C=O) groups is 1. The van der Waals surface area contributed by atoms with Crippen molar-refractivity contribution in [1.29, 1.82) is 0 Å². The van der Waals surface area contributed by atoms with Crippen molar-refractivity contribution >= 4 is 32.8 Å². The van der Waals surface area contributed by atoms with Gasteiger partial charge in [-0.3, -0.25) is 4.79 Å². The van der Waals surface area contributed by atoms with Gasteiger partial charge in [-0.2, -0.15) is 0 Å². The van der Waals surface area contributed by atoms with Crippen molar-refractivity contribution in [2.24, 2.45) is 0 Å². The summed E-state index contributed by atoms with van der Waals surface area (Å²) in [6, 6.07) is 7.83. The Labute approximate surface area is 113 Å². The number of benzene rings is 1. The molecule has 1 aliphatic rings. The van der Waals surface area contributed by atoms with E-state index >= 15 is 0 Å². The zero-order valence-electron chi connectivity index (χ0n) is 9.94. The quantitative estimate of drug-likeness (QED) is 0.925. The van der Waals surface area contributed by atoms with Gasteiger partial charge in [0.05, 0.1) is 10.5 Å². The summed E-state index contributed by atoms with van der Waals surface area (Å²) in [6.45, 7) is 1.71. The third-order valence-corrected chi connectivity index (χ3v) is 3.96. The van der Waals surface area contributed by atoms with E-state index in [1.807, 2.05) is 25.2 Å². The Hall–Kier alpha value is -1.33. The van der Waals surface area contributed by atoms with Crippen LogP contribution >= 0.6 is 15.9 Å². The third-order valence-electron chi connectivity index (χ3n) is 3.33. The Morgan fingerprint density at radius 3 is 2.89 bits per heavy atom. The van der Waals surface area contributed by atoms with Gasteiger partial charge < -0.3 is 14.6 Å². The monoisotopic (exact) mass is 308 g/mol. The highest BCUT2D eigenvalue weighted by atomic mass is 79.9. The average molecular weight is 309 g/mol. The molecule has 18 heavy (non-hydrogen) atoms. The smallest absolute Gasteiger partial charge is 0.289 e. The number of halogens is 1. The van der Waals surface area contributed by atoms with E-state index in [1.165, 1.54) is 0 Å². The van der Waals surface area contributed by atoms with Crippen LogP contribution in [-0.4, -0.2) is 37.0 Å². The second-order valence-corrected chi connectivity index (χ2v) is 5.35. The van der Waals surface area contributed by atoms with E-state index < -0.39 is 0 Å². The molecule has 5 heteroatoms. The molecule has 0 bridgehead atoms. The minimum absolute atomic E-state index is 0.0652. The van der Waals surface area contributed by atoms with Crippen LogP contribution in [0.1, 0.15) is 10.6 Å². The Morgan fingerprint density at radius 2 is 2.28 bits per heavy atom. The Kier molecular flexibility index (Phi) is 2.87. The molecule has 0 spiro atoms. The molecule has 2 aromatic rings. The van der Waals surface area contributed by atoms with E-state index in [4.69, 9.17) is 4.42 Å². The van der Waals surface area contributed by atoms with Crippen LogP contribution in [0.15, 0.2) is 33.2 Å². The molecule has 1 aliphatic heterocycles. The third kappa shape index (κ3) is 1.83. The highest BCUT2D eigenvalue weighted by molar-refractivity contribution is 9.10. The van der Waals surface area contributed by atoms with E-state index in [2.05, 4.69) is 21.2 Å². The van der Waals surface area contributed by atoms with E-state index in [1.54, 1.807) is 11.0 Å². The fraction of sp³-hybridized carbons (Fsp3) is 0.308. The molecule has 1 N–H and O–H groups in total. The molecule has 2 heterocycles. The summed E-state index contributed by atoms with van der Waals surface area (Å²) in [7, 11) is 1.82. The van der Waals surface area contributed by atoms with Gasteiger partial charge >= 0.3 is 0 Å². The van der Waals surface area contributed by atoms with Crippen LogP contribution in [0.5, 0.6) is 0 Å². The number of carbonyl (C=O) groups excluding carboxylic acids is 1. The summed E-state index contributed by atoms with van der Waals surface area (Å²) in [5.74, 6) is 0.330. The molecule has 3 rings (SSSR count). The van der Waals surface area contributed by atoms with Crippen LogP contribution < -0.4 is 5.32 Å². The van der Waals surface area contributed by atoms with Gasteiger partial charge in [0, 0.05) is 25.5 Å². The average Bonchev–Trinajstić information content (AvgIpc) is 2.71. The van der Waals surface area contributed by atoms with Crippen LogP contribution in [0.3, 0.4) is 0 Å². The fourth-order valence-corrected chi connectivity index (χ4v) is 2.48. The van der Waals surface area contributed by atoms with Gasteiger partial charge in [0.25, 0.3) is 5.91 Å². The predicted molar refractivity (Wildman–Crippen MR) is 72.7 cm³/mol. The first-order chi connectivity index (χ1) is 8.66. The topological polar surface area (TPSA) is 45.5 Å². The van der Waals surface area contributed by atoms with Gasteiger partial charge in [-0.25, -0.2) is 0 Å². The molecule has 0 atom stereocenters. The Bertz CT molecular complexity index is 604. The van der Waals surface area contributed by atoms with Crippen LogP contribution in [0.4, 0.5) is 0 Å². The highest BCUT2D eigenvalue weighted by Gasteiger charge is 2.27. The lowest BCUT2D eigenvalue weighted by molar-refractivity contribution is 0.0651. The van der Waals surface area contributed by atoms with Crippen molar-refractivity contribution < 1.29 is 9.21 Å². The molecule has 94 valence electrons. The summed E-state index contributed by atoms with van der Waals surface area (Å²) >= 11 is 3.42. The number of likely N-dealkylation sites (N-methyl/N-ethyl adjacent to an activating group) is 1. The Balaban J connectivity index is 1.94. The number of hydrogen-bond donors (Lipinski definition) is 1. The lowest BCUT2D eigenvalue weighted by atomic mass is 10.1. The summed E-state index contributed by atoms with van der Waals surface area (Å²) in [5.41, 5.74) is 0.723. The molecule has 0 radical (unpaired) electrons. The van der Waals surface area contributed by atoms with E-state index in [0.717, 1.165) is 28.5 Å². The largest absolute Gasteiger partial charge is 0.450 e. The SMILES string of the molecule is CN(C(=O)c1cc2cccc(Br)c2o1)C1CNC1. The zero-order valence-corrected chi connectivity index (χ0v) is 11.5. The summed E-state index contributed by atoms with van der Waals surface area (Å²) < 4.78 is 6.51. The van der Waals surface area contributed by atoms with Gasteiger partial charge in [-0.15, -0.1) is 0 Å². The maximum Gasteiger partial charge on any atom is 0.289 e. The lowest BCUT2D eigenvalue weighted by Gasteiger charge is -2.35.